The first kappa shape index (κ1) is 22.9. The van der Waals surface area contributed by atoms with Crippen LogP contribution < -0.4 is 11.1 Å². The van der Waals surface area contributed by atoms with Gasteiger partial charge in [0.1, 0.15) is 0 Å². The number of nitrogens with one attached hydrogen (secondary N) is 1. The first-order valence-electron chi connectivity index (χ1n) is 8.50. The van der Waals surface area contributed by atoms with Gasteiger partial charge in [-0.25, -0.2) is 8.42 Å². The summed E-state index contributed by atoms with van der Waals surface area (Å²) in [5.74, 6) is -0.122. The SMILES string of the molecule is CC(C)(C)S(=O)(=O)Cc1ccc(NC(=O)C2(CN)CCOCC2)cc1.Cl. The molecule has 1 aliphatic heterocycles. The van der Waals surface area contributed by atoms with Crippen molar-refractivity contribution < 1.29 is 17.9 Å². The zero-order chi connectivity index (χ0) is 18.7. The van der Waals surface area contributed by atoms with Gasteiger partial charge in [-0.15, -0.1) is 12.4 Å². The van der Waals surface area contributed by atoms with Gasteiger partial charge in [-0.3, -0.25) is 4.79 Å². The molecule has 6 nitrogen and oxygen atoms in total. The van der Waals surface area contributed by atoms with E-state index in [1.54, 1.807) is 45.0 Å². The van der Waals surface area contributed by atoms with Crippen molar-refractivity contribution in [3.05, 3.63) is 29.8 Å². The first-order chi connectivity index (χ1) is 11.6. The number of hydrogen-bond acceptors (Lipinski definition) is 5. The smallest absolute Gasteiger partial charge is 0.232 e. The van der Waals surface area contributed by atoms with E-state index in [2.05, 4.69) is 5.32 Å². The third kappa shape index (κ3) is 5.19. The van der Waals surface area contributed by atoms with Crippen LogP contribution in [-0.2, 0) is 25.1 Å². The normalized spacial score (nSPS) is 17.2. The Morgan fingerprint density at radius 2 is 1.73 bits per heavy atom. The van der Waals surface area contributed by atoms with Crippen molar-refractivity contribution in [2.45, 2.75) is 44.1 Å². The van der Waals surface area contributed by atoms with E-state index in [9.17, 15) is 13.2 Å². The van der Waals surface area contributed by atoms with Crippen molar-refractivity contribution in [2.75, 3.05) is 25.1 Å². The summed E-state index contributed by atoms with van der Waals surface area (Å²) in [7, 11) is -3.24. The summed E-state index contributed by atoms with van der Waals surface area (Å²) in [6, 6.07) is 6.93. The Hall–Kier alpha value is -1.15. The van der Waals surface area contributed by atoms with E-state index in [4.69, 9.17) is 10.5 Å². The number of carbonyl (C=O) groups excluding carboxylic acids is 1. The highest BCUT2D eigenvalue weighted by molar-refractivity contribution is 7.91. The first-order valence-corrected chi connectivity index (χ1v) is 10.2. The number of amides is 1. The summed E-state index contributed by atoms with van der Waals surface area (Å²) in [6.07, 6.45) is 1.22. The van der Waals surface area contributed by atoms with Gasteiger partial charge in [-0.05, 0) is 51.3 Å². The Balaban J connectivity index is 0.00000338. The maximum Gasteiger partial charge on any atom is 0.232 e. The van der Waals surface area contributed by atoms with Gasteiger partial charge in [0.05, 0.1) is 15.9 Å². The molecule has 1 amide bonds. The van der Waals surface area contributed by atoms with Gasteiger partial charge in [0, 0.05) is 25.4 Å². The Morgan fingerprint density at radius 3 is 2.19 bits per heavy atom. The van der Waals surface area contributed by atoms with E-state index in [-0.39, 0.29) is 30.6 Å². The van der Waals surface area contributed by atoms with Gasteiger partial charge < -0.3 is 15.8 Å². The van der Waals surface area contributed by atoms with E-state index < -0.39 is 20.0 Å². The van der Waals surface area contributed by atoms with Crippen molar-refractivity contribution in [1.29, 1.82) is 0 Å². The van der Waals surface area contributed by atoms with Crippen molar-refractivity contribution in [2.24, 2.45) is 11.1 Å². The number of hydrogen-bond donors (Lipinski definition) is 2. The van der Waals surface area contributed by atoms with Crippen molar-refractivity contribution in [1.82, 2.24) is 0 Å². The van der Waals surface area contributed by atoms with Crippen LogP contribution in [0.3, 0.4) is 0 Å². The van der Waals surface area contributed by atoms with Crippen LogP contribution >= 0.6 is 12.4 Å². The lowest BCUT2D eigenvalue weighted by molar-refractivity contribution is -0.130. The molecule has 1 fully saturated rings. The number of anilines is 1. The lowest BCUT2D eigenvalue weighted by Gasteiger charge is -2.34. The van der Waals surface area contributed by atoms with E-state index in [0.29, 0.717) is 37.3 Å². The molecule has 0 aromatic heterocycles. The second kappa shape index (κ2) is 8.69. The Bertz CT molecular complexity index is 706. The Labute approximate surface area is 162 Å². The molecule has 8 heteroatoms. The zero-order valence-corrected chi connectivity index (χ0v) is 17.2. The number of ether oxygens (including phenoxy) is 1. The lowest BCUT2D eigenvalue weighted by Crippen LogP contribution is -2.46. The minimum atomic E-state index is -3.24. The fourth-order valence-electron chi connectivity index (χ4n) is 2.67. The fraction of sp³-hybridized carbons (Fsp3) is 0.611. The van der Waals surface area contributed by atoms with Crippen molar-refractivity contribution >= 4 is 33.8 Å². The number of sulfone groups is 1. The second-order valence-corrected chi connectivity index (χ2v) is 10.4. The molecule has 1 saturated heterocycles. The molecule has 1 aromatic carbocycles. The van der Waals surface area contributed by atoms with Gasteiger partial charge in [0.15, 0.2) is 9.84 Å². The predicted molar refractivity (Wildman–Crippen MR) is 106 cm³/mol. The summed E-state index contributed by atoms with van der Waals surface area (Å²) < 4.78 is 29.1. The molecule has 2 rings (SSSR count). The van der Waals surface area contributed by atoms with Gasteiger partial charge in [0.2, 0.25) is 5.91 Å². The average Bonchev–Trinajstić information content (AvgIpc) is 2.56. The van der Waals surface area contributed by atoms with Crippen LogP contribution in [0, 0.1) is 5.41 Å². The maximum atomic E-state index is 12.6. The highest BCUT2D eigenvalue weighted by atomic mass is 35.5. The molecule has 26 heavy (non-hydrogen) atoms. The maximum absolute atomic E-state index is 12.6. The number of carbonyl (C=O) groups is 1. The highest BCUT2D eigenvalue weighted by Crippen LogP contribution is 2.31. The van der Waals surface area contributed by atoms with E-state index in [1.165, 1.54) is 0 Å². The molecule has 0 spiro atoms. The standard InChI is InChI=1S/C18H28N2O4S.ClH/c1-17(2,3)25(22,23)12-14-4-6-15(7-5-14)20-16(21)18(13-19)8-10-24-11-9-18;/h4-7H,8-13,19H2,1-3H3,(H,20,21);1H. The quantitative estimate of drug-likeness (QED) is 0.785. The molecular weight excluding hydrogens is 376 g/mol. The van der Waals surface area contributed by atoms with Gasteiger partial charge in [-0.1, -0.05) is 12.1 Å². The van der Waals surface area contributed by atoms with Gasteiger partial charge in [-0.2, -0.15) is 0 Å². The van der Waals surface area contributed by atoms with Crippen LogP contribution in [0.25, 0.3) is 0 Å². The minimum Gasteiger partial charge on any atom is -0.381 e. The molecule has 0 saturated carbocycles. The molecule has 0 unspecified atom stereocenters. The van der Waals surface area contributed by atoms with Crippen LogP contribution in [0.2, 0.25) is 0 Å². The summed E-state index contributed by atoms with van der Waals surface area (Å²) in [5.41, 5.74) is 6.59. The molecule has 0 bridgehead atoms. The molecule has 0 atom stereocenters. The van der Waals surface area contributed by atoms with Gasteiger partial charge >= 0.3 is 0 Å². The Kier molecular flexibility index (Phi) is 7.65. The molecule has 3 N–H and O–H groups in total. The number of halogens is 1. The molecule has 148 valence electrons. The number of nitrogens with two attached hydrogens (primary N) is 1. The summed E-state index contributed by atoms with van der Waals surface area (Å²) in [6.45, 7) is 6.43. The van der Waals surface area contributed by atoms with Crippen LogP contribution in [-0.4, -0.2) is 38.8 Å². The number of rotatable bonds is 5. The molecular formula is C18H29ClN2O4S. The largest absolute Gasteiger partial charge is 0.381 e. The Morgan fingerprint density at radius 1 is 1.19 bits per heavy atom. The van der Waals surface area contributed by atoms with Crippen LogP contribution in [0.1, 0.15) is 39.2 Å². The molecule has 0 radical (unpaired) electrons. The minimum absolute atomic E-state index is 0. The lowest BCUT2D eigenvalue weighted by atomic mass is 9.79. The monoisotopic (exact) mass is 404 g/mol. The third-order valence-electron chi connectivity index (χ3n) is 4.82. The van der Waals surface area contributed by atoms with E-state index >= 15 is 0 Å². The zero-order valence-electron chi connectivity index (χ0n) is 15.6. The highest BCUT2D eigenvalue weighted by Gasteiger charge is 2.38. The molecule has 1 heterocycles. The van der Waals surface area contributed by atoms with E-state index in [1.807, 2.05) is 0 Å². The van der Waals surface area contributed by atoms with Gasteiger partial charge in [0.25, 0.3) is 0 Å². The molecule has 0 aliphatic carbocycles. The molecule has 1 aliphatic rings. The van der Waals surface area contributed by atoms with Crippen LogP contribution in [0.5, 0.6) is 0 Å². The van der Waals surface area contributed by atoms with Crippen LogP contribution in [0.4, 0.5) is 5.69 Å². The topological polar surface area (TPSA) is 98.5 Å². The third-order valence-corrected chi connectivity index (χ3v) is 7.40. The summed E-state index contributed by atoms with van der Waals surface area (Å²) in [4.78, 5) is 12.6. The van der Waals surface area contributed by atoms with Crippen LogP contribution in [0.15, 0.2) is 24.3 Å². The average molecular weight is 405 g/mol. The summed E-state index contributed by atoms with van der Waals surface area (Å²) >= 11 is 0. The predicted octanol–water partition coefficient (Wildman–Crippen LogP) is 2.52. The summed E-state index contributed by atoms with van der Waals surface area (Å²) in [5, 5.41) is 2.90. The van der Waals surface area contributed by atoms with Crippen molar-refractivity contribution in [3.8, 4) is 0 Å². The molecule has 1 aromatic rings. The van der Waals surface area contributed by atoms with E-state index in [0.717, 1.165) is 0 Å². The van der Waals surface area contributed by atoms with Crippen molar-refractivity contribution in [3.63, 3.8) is 0 Å². The second-order valence-electron chi connectivity index (χ2n) is 7.62. The fourth-order valence-corrected chi connectivity index (χ4v) is 3.73. The number of benzene rings is 1.